The largest absolute Gasteiger partial charge is 0.394 e. The molecular formula is C8H10BNO. The standard InChI is InChI=1S/C8H10BNO/c9-10-8(6-11)7-4-2-1-3-5-7/h1-5,8,10-11H,6H2/t8-/m0/s1. The smallest absolute Gasteiger partial charge is 0.178 e. The van der Waals surface area contributed by atoms with Crippen molar-refractivity contribution in [2.45, 2.75) is 6.04 Å². The summed E-state index contributed by atoms with van der Waals surface area (Å²) in [5.41, 5.74) is 0.998. The lowest BCUT2D eigenvalue weighted by Gasteiger charge is -2.12. The molecule has 0 saturated carbocycles. The summed E-state index contributed by atoms with van der Waals surface area (Å²) in [6, 6.07) is 9.43. The second kappa shape index (κ2) is 4.16. The molecule has 0 spiro atoms. The molecule has 0 aliphatic rings. The van der Waals surface area contributed by atoms with Gasteiger partial charge in [0.1, 0.15) is 0 Å². The van der Waals surface area contributed by atoms with Gasteiger partial charge in [-0.1, -0.05) is 30.3 Å². The summed E-state index contributed by atoms with van der Waals surface area (Å²) in [7, 11) is 5.21. The molecule has 2 radical (unpaired) electrons. The van der Waals surface area contributed by atoms with E-state index >= 15 is 0 Å². The predicted octanol–water partition coefficient (Wildman–Crippen LogP) is 0.393. The first-order valence-electron chi connectivity index (χ1n) is 3.50. The van der Waals surface area contributed by atoms with Crippen LogP contribution in [0.1, 0.15) is 11.6 Å². The summed E-state index contributed by atoms with van der Waals surface area (Å²) in [6.07, 6.45) is 0. The van der Waals surface area contributed by atoms with Crippen LogP contribution in [0.25, 0.3) is 0 Å². The maximum absolute atomic E-state index is 8.84. The second-order valence-electron chi connectivity index (χ2n) is 2.31. The van der Waals surface area contributed by atoms with Gasteiger partial charge in [0.2, 0.25) is 0 Å². The van der Waals surface area contributed by atoms with Crippen molar-refractivity contribution in [3.05, 3.63) is 35.9 Å². The van der Waals surface area contributed by atoms with Gasteiger partial charge >= 0.3 is 0 Å². The molecular weight excluding hydrogens is 137 g/mol. The Morgan fingerprint density at radius 3 is 2.45 bits per heavy atom. The van der Waals surface area contributed by atoms with Gasteiger partial charge in [0.15, 0.2) is 7.98 Å². The first kappa shape index (κ1) is 8.30. The van der Waals surface area contributed by atoms with Crippen molar-refractivity contribution in [1.29, 1.82) is 0 Å². The first-order valence-corrected chi connectivity index (χ1v) is 3.50. The van der Waals surface area contributed by atoms with Crippen molar-refractivity contribution in [3.63, 3.8) is 0 Å². The Morgan fingerprint density at radius 1 is 1.36 bits per heavy atom. The van der Waals surface area contributed by atoms with Gasteiger partial charge < -0.3 is 10.3 Å². The highest BCUT2D eigenvalue weighted by molar-refractivity contribution is 6.04. The lowest BCUT2D eigenvalue weighted by Crippen LogP contribution is -2.21. The highest BCUT2D eigenvalue weighted by atomic mass is 16.3. The van der Waals surface area contributed by atoms with Crippen LogP contribution in [-0.4, -0.2) is 19.7 Å². The zero-order chi connectivity index (χ0) is 8.10. The maximum Gasteiger partial charge on any atom is 0.178 e. The summed E-state index contributed by atoms with van der Waals surface area (Å²) in [5, 5.41) is 11.4. The molecule has 0 fully saturated rings. The number of rotatable bonds is 3. The van der Waals surface area contributed by atoms with Gasteiger partial charge in [-0.15, -0.1) is 0 Å². The minimum Gasteiger partial charge on any atom is -0.394 e. The van der Waals surface area contributed by atoms with E-state index in [1.54, 1.807) is 0 Å². The van der Waals surface area contributed by atoms with Gasteiger partial charge in [0.25, 0.3) is 0 Å². The van der Waals surface area contributed by atoms with E-state index in [1.165, 1.54) is 0 Å². The molecule has 1 atom stereocenters. The number of aliphatic hydroxyl groups excluding tert-OH is 1. The van der Waals surface area contributed by atoms with E-state index in [-0.39, 0.29) is 12.6 Å². The maximum atomic E-state index is 8.84. The summed E-state index contributed by atoms with van der Waals surface area (Å²) in [4.78, 5) is 0. The molecule has 0 aliphatic heterocycles. The van der Waals surface area contributed by atoms with Crippen LogP contribution in [0, 0.1) is 0 Å². The van der Waals surface area contributed by atoms with Gasteiger partial charge in [0, 0.05) is 6.04 Å². The fourth-order valence-corrected chi connectivity index (χ4v) is 0.940. The topological polar surface area (TPSA) is 32.3 Å². The molecule has 0 amide bonds. The van der Waals surface area contributed by atoms with Crippen molar-refractivity contribution in [1.82, 2.24) is 5.23 Å². The molecule has 2 nitrogen and oxygen atoms in total. The SMILES string of the molecule is [B]N[C@@H](CO)c1ccccc1. The fourth-order valence-electron chi connectivity index (χ4n) is 0.940. The Labute approximate surface area is 67.7 Å². The van der Waals surface area contributed by atoms with E-state index in [0.29, 0.717) is 0 Å². The van der Waals surface area contributed by atoms with E-state index in [4.69, 9.17) is 13.1 Å². The Kier molecular flexibility index (Phi) is 3.14. The van der Waals surface area contributed by atoms with Crippen molar-refractivity contribution < 1.29 is 5.11 Å². The summed E-state index contributed by atoms with van der Waals surface area (Å²) in [5.74, 6) is 0. The van der Waals surface area contributed by atoms with E-state index < -0.39 is 0 Å². The van der Waals surface area contributed by atoms with Crippen LogP contribution in [0.15, 0.2) is 30.3 Å². The van der Waals surface area contributed by atoms with Gasteiger partial charge in [-0.3, -0.25) is 0 Å². The van der Waals surface area contributed by atoms with Crippen molar-refractivity contribution >= 4 is 7.98 Å². The zero-order valence-corrected chi connectivity index (χ0v) is 6.20. The normalized spacial score (nSPS) is 12.8. The molecule has 0 aliphatic carbocycles. The first-order chi connectivity index (χ1) is 5.38. The van der Waals surface area contributed by atoms with E-state index in [1.807, 2.05) is 30.3 Å². The third kappa shape index (κ3) is 2.07. The molecule has 11 heavy (non-hydrogen) atoms. The quantitative estimate of drug-likeness (QED) is 0.606. The van der Waals surface area contributed by atoms with E-state index in [0.717, 1.165) is 5.56 Å². The van der Waals surface area contributed by atoms with Crippen LogP contribution in [0.5, 0.6) is 0 Å². The van der Waals surface area contributed by atoms with Gasteiger partial charge in [-0.2, -0.15) is 0 Å². The number of hydrogen-bond acceptors (Lipinski definition) is 2. The Bertz CT molecular complexity index is 199. The molecule has 1 aromatic rings. The molecule has 0 bridgehead atoms. The molecule has 3 heteroatoms. The molecule has 0 heterocycles. The van der Waals surface area contributed by atoms with E-state index in [2.05, 4.69) is 5.23 Å². The number of hydrogen-bond donors (Lipinski definition) is 2. The fraction of sp³-hybridized carbons (Fsp3) is 0.250. The monoisotopic (exact) mass is 147 g/mol. The minimum atomic E-state index is -0.156. The predicted molar refractivity (Wildman–Crippen MR) is 45.2 cm³/mol. The van der Waals surface area contributed by atoms with Crippen LogP contribution in [0.4, 0.5) is 0 Å². The number of nitrogens with one attached hydrogen (secondary N) is 1. The Morgan fingerprint density at radius 2 is 2.00 bits per heavy atom. The van der Waals surface area contributed by atoms with Crippen molar-refractivity contribution in [3.8, 4) is 0 Å². The molecule has 56 valence electrons. The van der Waals surface area contributed by atoms with Crippen LogP contribution >= 0.6 is 0 Å². The molecule has 1 aromatic carbocycles. The molecule has 0 unspecified atom stereocenters. The van der Waals surface area contributed by atoms with Crippen LogP contribution in [0.3, 0.4) is 0 Å². The Balaban J connectivity index is 2.74. The molecule has 0 saturated heterocycles. The second-order valence-corrected chi connectivity index (χ2v) is 2.31. The zero-order valence-electron chi connectivity index (χ0n) is 6.20. The van der Waals surface area contributed by atoms with E-state index in [9.17, 15) is 0 Å². The number of benzene rings is 1. The van der Waals surface area contributed by atoms with Crippen LogP contribution in [0.2, 0.25) is 0 Å². The summed E-state index contributed by atoms with van der Waals surface area (Å²) in [6.45, 7) is 0.0144. The lowest BCUT2D eigenvalue weighted by atomic mass is 10.1. The van der Waals surface area contributed by atoms with Crippen LogP contribution in [-0.2, 0) is 0 Å². The van der Waals surface area contributed by atoms with Gasteiger partial charge in [0.05, 0.1) is 6.61 Å². The Hall–Kier alpha value is -0.795. The lowest BCUT2D eigenvalue weighted by molar-refractivity contribution is 0.260. The van der Waals surface area contributed by atoms with Crippen molar-refractivity contribution in [2.24, 2.45) is 0 Å². The average Bonchev–Trinajstić information content (AvgIpc) is 2.09. The number of aliphatic hydroxyl groups is 1. The van der Waals surface area contributed by atoms with Gasteiger partial charge in [-0.25, -0.2) is 0 Å². The van der Waals surface area contributed by atoms with Gasteiger partial charge in [-0.05, 0) is 5.56 Å². The molecule has 2 N–H and O–H groups in total. The molecule has 1 rings (SSSR count). The van der Waals surface area contributed by atoms with Crippen molar-refractivity contribution in [2.75, 3.05) is 6.61 Å². The summed E-state index contributed by atoms with van der Waals surface area (Å²) < 4.78 is 0. The highest BCUT2D eigenvalue weighted by Gasteiger charge is 2.04. The third-order valence-corrected chi connectivity index (χ3v) is 1.59. The third-order valence-electron chi connectivity index (χ3n) is 1.59. The van der Waals surface area contributed by atoms with Crippen LogP contribution < -0.4 is 5.23 Å². The minimum absolute atomic E-state index is 0.0144. The average molecular weight is 147 g/mol. The highest BCUT2D eigenvalue weighted by Crippen LogP contribution is 2.09. The summed E-state index contributed by atoms with van der Waals surface area (Å²) >= 11 is 0. The molecule has 0 aromatic heterocycles.